The van der Waals surface area contributed by atoms with Crippen LogP contribution in [0.4, 0.5) is 10.2 Å². The highest BCUT2D eigenvalue weighted by atomic mass is 35.5. The molecule has 1 amide bonds. The molecule has 0 saturated carbocycles. The number of methoxy groups -OCH3 is 2. The molecule has 0 fully saturated rings. The van der Waals surface area contributed by atoms with Crippen LogP contribution in [0, 0.1) is 5.82 Å². The number of hydrogen-bond acceptors (Lipinski definition) is 7. The molecule has 5 aromatic rings. The zero-order valence-corrected chi connectivity index (χ0v) is 20.5. The summed E-state index contributed by atoms with van der Waals surface area (Å²) in [6.07, 6.45) is 9.86. The van der Waals surface area contributed by atoms with Crippen LogP contribution in [0.5, 0.6) is 11.5 Å². The SMILES string of the molecule is COc1cc(OC)c(Cl)c(-c2ccc(C(=O)Nc3ccc(Cn4ccnc4)cn3)c3nccnc23)c1F. The highest BCUT2D eigenvalue weighted by Crippen LogP contribution is 2.44. The Kier molecular flexibility index (Phi) is 6.65. The normalized spacial score (nSPS) is 10.9. The number of carbonyl (C=O) groups excluding carboxylic acids is 1. The molecular weight excluding hydrogens is 499 g/mol. The van der Waals surface area contributed by atoms with Gasteiger partial charge in [0.25, 0.3) is 5.91 Å². The average Bonchev–Trinajstić information content (AvgIpc) is 3.43. The number of ether oxygens (including phenoxy) is 2. The van der Waals surface area contributed by atoms with E-state index in [0.29, 0.717) is 17.9 Å². The fourth-order valence-corrected chi connectivity index (χ4v) is 4.25. The first-order valence-electron chi connectivity index (χ1n) is 11.1. The van der Waals surface area contributed by atoms with Gasteiger partial charge in [-0.25, -0.2) is 14.4 Å². The molecule has 1 N–H and O–H groups in total. The molecule has 0 atom stereocenters. The van der Waals surface area contributed by atoms with E-state index in [9.17, 15) is 4.79 Å². The zero-order chi connectivity index (χ0) is 25.9. The van der Waals surface area contributed by atoms with Crippen LogP contribution in [0.1, 0.15) is 15.9 Å². The standard InChI is InChI=1S/C26H20ClFN6O3/c1-36-18-11-19(37-2)23(28)21(22(18)27)16-4-5-17(25-24(16)30-7-8-31-25)26(35)33-20-6-3-15(12-32-20)13-34-10-9-29-14-34/h3-12,14H,13H2,1-2H3,(H,32,33,35). The number of anilines is 1. The second-order valence-corrected chi connectivity index (χ2v) is 8.32. The van der Waals surface area contributed by atoms with Crippen molar-refractivity contribution >= 4 is 34.4 Å². The van der Waals surface area contributed by atoms with Gasteiger partial charge in [0.1, 0.15) is 17.1 Å². The van der Waals surface area contributed by atoms with Crippen LogP contribution in [-0.4, -0.2) is 44.6 Å². The number of halogens is 2. The zero-order valence-electron chi connectivity index (χ0n) is 19.8. The number of rotatable bonds is 7. The third-order valence-corrected chi connectivity index (χ3v) is 6.08. The lowest BCUT2D eigenvalue weighted by Gasteiger charge is -2.15. The van der Waals surface area contributed by atoms with E-state index in [1.54, 1.807) is 30.9 Å². The van der Waals surface area contributed by atoms with Crippen LogP contribution in [0.3, 0.4) is 0 Å². The number of nitrogens with zero attached hydrogens (tertiary/aromatic N) is 5. The summed E-state index contributed by atoms with van der Waals surface area (Å²) in [7, 11) is 2.77. The summed E-state index contributed by atoms with van der Waals surface area (Å²) < 4.78 is 27.7. The smallest absolute Gasteiger partial charge is 0.259 e. The summed E-state index contributed by atoms with van der Waals surface area (Å²) in [5.74, 6) is -0.569. The topological polar surface area (TPSA) is 104 Å². The van der Waals surface area contributed by atoms with E-state index in [-0.39, 0.29) is 38.7 Å². The van der Waals surface area contributed by atoms with Crippen molar-refractivity contribution in [2.24, 2.45) is 0 Å². The van der Waals surface area contributed by atoms with Crippen molar-refractivity contribution in [1.29, 1.82) is 0 Å². The van der Waals surface area contributed by atoms with Gasteiger partial charge in [-0.15, -0.1) is 0 Å². The van der Waals surface area contributed by atoms with Crippen molar-refractivity contribution in [3.63, 3.8) is 0 Å². The van der Waals surface area contributed by atoms with Gasteiger partial charge in [0, 0.05) is 54.7 Å². The van der Waals surface area contributed by atoms with Crippen molar-refractivity contribution in [3.8, 4) is 22.6 Å². The van der Waals surface area contributed by atoms with Crippen LogP contribution in [0.2, 0.25) is 5.02 Å². The molecule has 9 nitrogen and oxygen atoms in total. The van der Waals surface area contributed by atoms with Crippen molar-refractivity contribution in [3.05, 3.63) is 89.6 Å². The second-order valence-electron chi connectivity index (χ2n) is 7.94. The number of amides is 1. The van der Waals surface area contributed by atoms with E-state index in [4.69, 9.17) is 21.1 Å². The number of pyridine rings is 1. The van der Waals surface area contributed by atoms with Crippen LogP contribution in [0.15, 0.2) is 67.6 Å². The Morgan fingerprint density at radius 2 is 1.81 bits per heavy atom. The number of benzene rings is 2. The molecule has 0 unspecified atom stereocenters. The molecule has 0 radical (unpaired) electrons. The van der Waals surface area contributed by atoms with Crippen molar-refractivity contribution in [1.82, 2.24) is 24.5 Å². The molecule has 5 rings (SSSR count). The number of aromatic nitrogens is 5. The second kappa shape index (κ2) is 10.2. The summed E-state index contributed by atoms with van der Waals surface area (Å²) >= 11 is 6.48. The third-order valence-electron chi connectivity index (χ3n) is 5.70. The lowest BCUT2D eigenvalue weighted by atomic mass is 9.99. The van der Waals surface area contributed by atoms with Gasteiger partial charge in [-0.2, -0.15) is 0 Å². The number of fused-ring (bicyclic) bond motifs is 1. The molecule has 3 aromatic heterocycles. The predicted octanol–water partition coefficient (Wildman–Crippen LogP) is 5.00. The molecule has 11 heteroatoms. The molecule has 3 heterocycles. The first kappa shape index (κ1) is 24.1. The minimum absolute atomic E-state index is 0.0328. The molecule has 186 valence electrons. The Morgan fingerprint density at radius 3 is 2.49 bits per heavy atom. The summed E-state index contributed by atoms with van der Waals surface area (Å²) in [5, 5.41) is 2.82. The van der Waals surface area contributed by atoms with E-state index in [1.807, 2.05) is 16.8 Å². The fourth-order valence-electron chi connectivity index (χ4n) is 3.93. The minimum atomic E-state index is -0.683. The Balaban J connectivity index is 1.50. The van der Waals surface area contributed by atoms with Gasteiger partial charge in [-0.1, -0.05) is 23.7 Å². The summed E-state index contributed by atoms with van der Waals surface area (Å²) in [4.78, 5) is 30.3. The van der Waals surface area contributed by atoms with Crippen molar-refractivity contribution < 1.29 is 18.7 Å². The van der Waals surface area contributed by atoms with Crippen LogP contribution < -0.4 is 14.8 Å². The highest BCUT2D eigenvalue weighted by Gasteiger charge is 2.24. The first-order chi connectivity index (χ1) is 18.0. The Bertz CT molecular complexity index is 1560. The van der Waals surface area contributed by atoms with Gasteiger partial charge in [-0.3, -0.25) is 14.8 Å². The van der Waals surface area contributed by atoms with Crippen LogP contribution in [-0.2, 0) is 6.54 Å². The van der Waals surface area contributed by atoms with E-state index >= 15 is 4.39 Å². The molecule has 0 aliphatic rings. The molecule has 0 aliphatic carbocycles. The molecule has 0 aliphatic heterocycles. The first-order valence-corrected chi connectivity index (χ1v) is 11.4. The lowest BCUT2D eigenvalue weighted by Crippen LogP contribution is -2.14. The largest absolute Gasteiger partial charge is 0.495 e. The maximum absolute atomic E-state index is 15.4. The number of hydrogen-bond donors (Lipinski definition) is 1. The lowest BCUT2D eigenvalue weighted by molar-refractivity contribution is 0.102. The Morgan fingerprint density at radius 1 is 1.03 bits per heavy atom. The van der Waals surface area contributed by atoms with Gasteiger partial charge in [-0.05, 0) is 17.7 Å². The number of nitrogens with one attached hydrogen (secondary N) is 1. The van der Waals surface area contributed by atoms with E-state index < -0.39 is 11.7 Å². The maximum atomic E-state index is 15.4. The maximum Gasteiger partial charge on any atom is 0.259 e. The van der Waals surface area contributed by atoms with Gasteiger partial charge in [0.15, 0.2) is 11.6 Å². The minimum Gasteiger partial charge on any atom is -0.495 e. The number of carbonyl (C=O) groups is 1. The summed E-state index contributed by atoms with van der Waals surface area (Å²) in [6.45, 7) is 0.608. The van der Waals surface area contributed by atoms with Crippen molar-refractivity contribution in [2.45, 2.75) is 6.54 Å². The number of imidazole rings is 1. The fraction of sp³-hybridized carbons (Fsp3) is 0.115. The monoisotopic (exact) mass is 518 g/mol. The summed E-state index contributed by atoms with van der Waals surface area (Å²) in [6, 6.07) is 8.05. The van der Waals surface area contributed by atoms with Crippen molar-refractivity contribution in [2.75, 3.05) is 19.5 Å². The van der Waals surface area contributed by atoms with Gasteiger partial charge < -0.3 is 19.4 Å². The quantitative estimate of drug-likeness (QED) is 0.323. The predicted molar refractivity (Wildman–Crippen MR) is 137 cm³/mol. The molecule has 0 saturated heterocycles. The highest BCUT2D eigenvalue weighted by molar-refractivity contribution is 6.35. The Hall–Kier alpha value is -4.57. The molecule has 0 spiro atoms. The third kappa shape index (κ3) is 4.66. The molecular formula is C26H20ClFN6O3. The average molecular weight is 519 g/mol. The molecule has 2 aromatic carbocycles. The Labute approximate surface area is 215 Å². The molecule has 37 heavy (non-hydrogen) atoms. The van der Waals surface area contributed by atoms with Crippen LogP contribution in [0.25, 0.3) is 22.2 Å². The molecule has 0 bridgehead atoms. The van der Waals surface area contributed by atoms with Gasteiger partial charge >= 0.3 is 0 Å². The van der Waals surface area contributed by atoms with Gasteiger partial charge in [0.2, 0.25) is 0 Å². The van der Waals surface area contributed by atoms with Crippen LogP contribution >= 0.6 is 11.6 Å². The van der Waals surface area contributed by atoms with E-state index in [1.165, 1.54) is 38.7 Å². The summed E-state index contributed by atoms with van der Waals surface area (Å²) in [5.41, 5.74) is 2.11. The van der Waals surface area contributed by atoms with E-state index in [0.717, 1.165) is 5.56 Å². The van der Waals surface area contributed by atoms with E-state index in [2.05, 4.69) is 25.3 Å². The van der Waals surface area contributed by atoms with Gasteiger partial charge in [0.05, 0.1) is 36.6 Å².